The molecule has 180 valence electrons. The van der Waals surface area contributed by atoms with E-state index < -0.39 is 0 Å². The fourth-order valence-electron chi connectivity index (χ4n) is 7.22. The Hall–Kier alpha value is -2.16. The van der Waals surface area contributed by atoms with Crippen molar-refractivity contribution in [1.82, 2.24) is 0 Å². The van der Waals surface area contributed by atoms with Crippen LogP contribution in [0.2, 0.25) is 0 Å². The van der Waals surface area contributed by atoms with Gasteiger partial charge in [-0.15, -0.1) is 0 Å². The lowest BCUT2D eigenvalue weighted by atomic mass is 9.61. The van der Waals surface area contributed by atoms with Crippen LogP contribution in [0.3, 0.4) is 0 Å². The van der Waals surface area contributed by atoms with Gasteiger partial charge in [0.2, 0.25) is 0 Å². The van der Waals surface area contributed by atoms with Gasteiger partial charge < -0.3 is 10.2 Å². The van der Waals surface area contributed by atoms with E-state index in [2.05, 4.69) is 102 Å². The van der Waals surface area contributed by atoms with Crippen molar-refractivity contribution in [2.45, 2.75) is 77.4 Å². The Bertz CT molecular complexity index is 1090. The molecular weight excluding hydrogens is 416 g/mol. The molecule has 34 heavy (non-hydrogen) atoms. The molecule has 1 saturated carbocycles. The lowest BCUT2D eigenvalue weighted by molar-refractivity contribution is 0.277. The van der Waals surface area contributed by atoms with Crippen molar-refractivity contribution < 1.29 is 10.2 Å². The molecule has 0 spiro atoms. The van der Waals surface area contributed by atoms with Crippen LogP contribution in [0.1, 0.15) is 81.3 Å². The highest BCUT2D eigenvalue weighted by atomic mass is 16.3. The van der Waals surface area contributed by atoms with Crippen LogP contribution < -0.4 is 0 Å². The van der Waals surface area contributed by atoms with Gasteiger partial charge in [-0.25, -0.2) is 0 Å². The molecule has 2 N–H and O–H groups in total. The highest BCUT2D eigenvalue weighted by Crippen LogP contribution is 2.62. The van der Waals surface area contributed by atoms with E-state index in [1.165, 1.54) is 28.7 Å². The first-order chi connectivity index (χ1) is 16.0. The van der Waals surface area contributed by atoms with Gasteiger partial charge in [-0.3, -0.25) is 0 Å². The quantitative estimate of drug-likeness (QED) is 0.512. The fourth-order valence-corrected chi connectivity index (χ4v) is 7.22. The van der Waals surface area contributed by atoms with Gasteiger partial charge in [-0.1, -0.05) is 102 Å². The second-order valence-corrected chi connectivity index (χ2v) is 12.8. The molecule has 0 aliphatic heterocycles. The fraction of sp³-hybridized carbons (Fsp3) is 0.500. The van der Waals surface area contributed by atoms with E-state index in [4.69, 9.17) is 0 Å². The van der Waals surface area contributed by atoms with Gasteiger partial charge in [0.25, 0.3) is 0 Å². The van der Waals surface area contributed by atoms with Gasteiger partial charge in [0.15, 0.2) is 0 Å². The van der Waals surface area contributed by atoms with Crippen molar-refractivity contribution in [3.63, 3.8) is 0 Å². The van der Waals surface area contributed by atoms with Crippen LogP contribution in [-0.2, 0) is 29.5 Å². The Kier molecular flexibility index (Phi) is 5.50. The summed E-state index contributed by atoms with van der Waals surface area (Å²) in [6, 6.07) is 13.6. The Morgan fingerprint density at radius 2 is 1.24 bits per heavy atom. The first kappa shape index (κ1) is 23.6. The summed E-state index contributed by atoms with van der Waals surface area (Å²) in [4.78, 5) is 0. The smallest absolute Gasteiger partial charge is 0.0684 e. The zero-order valence-corrected chi connectivity index (χ0v) is 21.6. The minimum Gasteiger partial charge on any atom is -0.392 e. The average Bonchev–Trinajstić information content (AvgIpc) is 3.50. The van der Waals surface area contributed by atoms with Gasteiger partial charge in [-0.05, 0) is 74.3 Å². The van der Waals surface area contributed by atoms with Gasteiger partial charge in [0.1, 0.15) is 0 Å². The molecule has 0 radical (unpaired) electrons. The largest absolute Gasteiger partial charge is 0.392 e. The summed E-state index contributed by atoms with van der Waals surface area (Å²) in [6.07, 6.45) is 11.1. The molecule has 0 aromatic heterocycles. The molecule has 2 nitrogen and oxygen atoms in total. The Balaban J connectivity index is 1.77. The minimum absolute atomic E-state index is 0.0527. The molecule has 3 aliphatic carbocycles. The van der Waals surface area contributed by atoms with Crippen molar-refractivity contribution >= 4 is 0 Å². The van der Waals surface area contributed by atoms with Crippen molar-refractivity contribution in [2.24, 2.45) is 23.7 Å². The summed E-state index contributed by atoms with van der Waals surface area (Å²) >= 11 is 0. The number of benzene rings is 2. The molecule has 2 aromatic carbocycles. The molecule has 4 unspecified atom stereocenters. The summed E-state index contributed by atoms with van der Waals surface area (Å²) in [5.74, 6) is 2.30. The number of fused-ring (bicyclic) bond motifs is 5. The molecule has 2 bridgehead atoms. The van der Waals surface area contributed by atoms with E-state index in [1.807, 2.05) is 0 Å². The van der Waals surface area contributed by atoms with Crippen LogP contribution in [-0.4, -0.2) is 10.2 Å². The number of aliphatic hydroxyl groups excluding tert-OH is 2. The third kappa shape index (κ3) is 3.45. The van der Waals surface area contributed by atoms with Crippen molar-refractivity contribution in [3.05, 3.63) is 94.1 Å². The molecule has 0 heterocycles. The molecule has 3 aliphatic rings. The maximum absolute atomic E-state index is 10.1. The summed E-state index contributed by atoms with van der Waals surface area (Å²) in [6.45, 7) is 13.5. The highest BCUT2D eigenvalue weighted by molar-refractivity contribution is 5.55. The number of rotatable bonds is 4. The molecule has 1 fully saturated rings. The van der Waals surface area contributed by atoms with Crippen LogP contribution in [0.5, 0.6) is 0 Å². The van der Waals surface area contributed by atoms with Crippen LogP contribution in [0.15, 0.2) is 60.7 Å². The lowest BCUT2D eigenvalue weighted by Crippen LogP contribution is -2.38. The monoisotopic (exact) mass is 456 g/mol. The third-order valence-corrected chi connectivity index (χ3v) is 8.76. The first-order valence-electron chi connectivity index (χ1n) is 12.9. The minimum atomic E-state index is -0.211. The number of aliphatic hydroxyl groups is 2. The van der Waals surface area contributed by atoms with E-state index in [1.54, 1.807) is 0 Å². The van der Waals surface area contributed by atoms with Gasteiger partial charge in [0.05, 0.1) is 13.2 Å². The van der Waals surface area contributed by atoms with Crippen LogP contribution in [0, 0.1) is 23.7 Å². The second-order valence-electron chi connectivity index (χ2n) is 12.8. The van der Waals surface area contributed by atoms with E-state index in [-0.39, 0.29) is 29.5 Å². The number of hydrogen-bond acceptors (Lipinski definition) is 2. The van der Waals surface area contributed by atoms with Crippen molar-refractivity contribution in [2.75, 3.05) is 0 Å². The van der Waals surface area contributed by atoms with Crippen molar-refractivity contribution in [3.8, 4) is 0 Å². The van der Waals surface area contributed by atoms with Crippen molar-refractivity contribution in [1.29, 1.82) is 0 Å². The Labute approximate surface area is 205 Å². The molecule has 0 saturated heterocycles. The highest BCUT2D eigenvalue weighted by Gasteiger charge is 2.57. The normalized spacial score (nSPS) is 26.9. The summed E-state index contributed by atoms with van der Waals surface area (Å²) in [7, 11) is 0. The molecule has 4 atom stereocenters. The summed E-state index contributed by atoms with van der Waals surface area (Å²) in [5, 5.41) is 20.2. The molecule has 2 heteroatoms. The Morgan fingerprint density at radius 1 is 0.735 bits per heavy atom. The zero-order valence-electron chi connectivity index (χ0n) is 21.6. The second kappa shape index (κ2) is 7.93. The summed E-state index contributed by atoms with van der Waals surface area (Å²) < 4.78 is 0. The van der Waals surface area contributed by atoms with Crippen LogP contribution >= 0.6 is 0 Å². The van der Waals surface area contributed by atoms with Gasteiger partial charge in [0, 0.05) is 5.41 Å². The lowest BCUT2D eigenvalue weighted by Gasteiger charge is -2.41. The van der Waals surface area contributed by atoms with E-state index in [9.17, 15) is 10.2 Å². The van der Waals surface area contributed by atoms with Crippen LogP contribution in [0.4, 0.5) is 0 Å². The zero-order chi connectivity index (χ0) is 24.5. The molecular formula is C32H40O2. The number of allylic oxidation sites excluding steroid dienone is 4. The summed E-state index contributed by atoms with van der Waals surface area (Å²) in [5.41, 5.74) is 6.83. The maximum Gasteiger partial charge on any atom is 0.0684 e. The van der Waals surface area contributed by atoms with E-state index in [0.29, 0.717) is 23.7 Å². The molecule has 0 amide bonds. The SMILES string of the molecule is CC(C)(C)c1cc(C2(c3ccc(CO)c(C(C)(C)C)c3)C=CC3C4C=CC(C4)C32)ccc1CO. The van der Waals surface area contributed by atoms with E-state index >= 15 is 0 Å². The predicted octanol–water partition coefficient (Wildman–Crippen LogP) is 6.56. The predicted molar refractivity (Wildman–Crippen MR) is 140 cm³/mol. The first-order valence-corrected chi connectivity index (χ1v) is 12.9. The number of hydrogen-bond donors (Lipinski definition) is 2. The standard InChI is InChI=1S/C32H40O2/c1-30(2,3)27-16-24(11-9-22(27)18-33)32(14-13-26-20-7-8-21(15-20)29(26)32)25-12-10-23(19-34)28(17-25)31(4,5)6/h7-14,16-17,20-21,26,29,33-34H,15,18-19H2,1-6H3. The molecule has 5 rings (SSSR count). The van der Waals surface area contributed by atoms with Gasteiger partial charge in [-0.2, -0.15) is 0 Å². The Morgan fingerprint density at radius 3 is 1.71 bits per heavy atom. The van der Waals surface area contributed by atoms with Crippen LogP contribution in [0.25, 0.3) is 0 Å². The molecule has 2 aromatic rings. The maximum atomic E-state index is 10.1. The topological polar surface area (TPSA) is 40.5 Å². The average molecular weight is 457 g/mol. The third-order valence-electron chi connectivity index (χ3n) is 8.76. The van der Waals surface area contributed by atoms with E-state index in [0.717, 1.165) is 11.1 Å². The van der Waals surface area contributed by atoms with Gasteiger partial charge >= 0.3 is 0 Å².